The SMILES string of the molecule is O=C1CCC(C2=NOC3C=CC4=C(CCN4)C23)C(=O)N1. The summed E-state index contributed by atoms with van der Waals surface area (Å²) in [6.07, 6.45) is 5.77. The lowest BCUT2D eigenvalue weighted by Crippen LogP contribution is -2.46. The summed E-state index contributed by atoms with van der Waals surface area (Å²) in [7, 11) is 0. The van der Waals surface area contributed by atoms with Crippen molar-refractivity contribution in [2.45, 2.75) is 25.4 Å². The minimum absolute atomic E-state index is 0.0500. The highest BCUT2D eigenvalue weighted by Gasteiger charge is 2.45. The first kappa shape index (κ1) is 11.7. The van der Waals surface area contributed by atoms with E-state index in [0.717, 1.165) is 24.4 Å². The maximum absolute atomic E-state index is 12.0. The Morgan fingerprint density at radius 1 is 1.30 bits per heavy atom. The standard InChI is InChI=1S/C14H15N3O3/c18-11-4-1-8(14(19)16-11)13-12-7-5-6-15-9(7)2-3-10(12)20-17-13/h2-3,8,10,12,15H,1,4-6H2,(H,16,18,19). The lowest BCUT2D eigenvalue weighted by atomic mass is 9.77. The van der Waals surface area contributed by atoms with Crippen molar-refractivity contribution in [2.75, 3.05) is 6.54 Å². The van der Waals surface area contributed by atoms with Crippen molar-refractivity contribution in [2.24, 2.45) is 17.0 Å². The quantitative estimate of drug-likeness (QED) is 0.670. The van der Waals surface area contributed by atoms with Gasteiger partial charge in [-0.3, -0.25) is 14.9 Å². The second-order valence-electron chi connectivity index (χ2n) is 5.54. The first-order valence-corrected chi connectivity index (χ1v) is 6.96. The molecule has 0 aromatic rings. The molecule has 1 saturated heterocycles. The number of carbonyl (C=O) groups excluding carboxylic acids is 2. The lowest BCUT2D eigenvalue weighted by Gasteiger charge is -2.27. The molecule has 0 saturated carbocycles. The molecule has 3 atom stereocenters. The predicted molar refractivity (Wildman–Crippen MR) is 70.5 cm³/mol. The monoisotopic (exact) mass is 273 g/mol. The first-order chi connectivity index (χ1) is 9.74. The molecule has 0 spiro atoms. The second kappa shape index (κ2) is 4.19. The number of hydrogen-bond donors (Lipinski definition) is 2. The molecule has 0 aromatic heterocycles. The van der Waals surface area contributed by atoms with Crippen molar-refractivity contribution in [1.82, 2.24) is 10.6 Å². The van der Waals surface area contributed by atoms with Crippen LogP contribution >= 0.6 is 0 Å². The summed E-state index contributed by atoms with van der Waals surface area (Å²) < 4.78 is 0. The summed E-state index contributed by atoms with van der Waals surface area (Å²) in [5.41, 5.74) is 3.19. The topological polar surface area (TPSA) is 79.8 Å². The smallest absolute Gasteiger partial charge is 0.235 e. The Balaban J connectivity index is 1.65. The molecule has 3 heterocycles. The molecule has 20 heavy (non-hydrogen) atoms. The van der Waals surface area contributed by atoms with E-state index in [2.05, 4.69) is 15.8 Å². The zero-order chi connectivity index (χ0) is 13.7. The number of rotatable bonds is 1. The molecule has 4 aliphatic rings. The molecule has 0 bridgehead atoms. The summed E-state index contributed by atoms with van der Waals surface area (Å²) in [5.74, 6) is -0.738. The molecule has 2 amide bonds. The molecule has 4 rings (SSSR count). The van der Waals surface area contributed by atoms with Crippen LogP contribution in [-0.2, 0) is 14.4 Å². The number of fused-ring (bicyclic) bond motifs is 2. The van der Waals surface area contributed by atoms with Crippen LogP contribution in [0, 0.1) is 11.8 Å². The fourth-order valence-corrected chi connectivity index (χ4v) is 3.45. The van der Waals surface area contributed by atoms with Crippen LogP contribution in [0.15, 0.2) is 28.6 Å². The largest absolute Gasteiger partial charge is 0.387 e. The highest BCUT2D eigenvalue weighted by Crippen LogP contribution is 2.39. The van der Waals surface area contributed by atoms with Gasteiger partial charge in [0.2, 0.25) is 11.8 Å². The number of imide groups is 1. The minimum Gasteiger partial charge on any atom is -0.387 e. The van der Waals surface area contributed by atoms with Gasteiger partial charge in [0.25, 0.3) is 0 Å². The van der Waals surface area contributed by atoms with Crippen LogP contribution in [0.4, 0.5) is 0 Å². The third-order valence-electron chi connectivity index (χ3n) is 4.41. The fourth-order valence-electron chi connectivity index (χ4n) is 3.45. The van der Waals surface area contributed by atoms with Gasteiger partial charge >= 0.3 is 0 Å². The summed E-state index contributed by atoms with van der Waals surface area (Å²) in [4.78, 5) is 28.8. The van der Waals surface area contributed by atoms with Gasteiger partial charge < -0.3 is 10.2 Å². The Hall–Kier alpha value is -2.11. The van der Waals surface area contributed by atoms with E-state index in [4.69, 9.17) is 4.84 Å². The van der Waals surface area contributed by atoms with Crippen LogP contribution in [0.25, 0.3) is 0 Å². The Labute approximate surface area is 115 Å². The Bertz CT molecular complexity index is 590. The Kier molecular flexibility index (Phi) is 2.45. The number of amides is 2. The van der Waals surface area contributed by atoms with Gasteiger partial charge in [-0.25, -0.2) is 0 Å². The first-order valence-electron chi connectivity index (χ1n) is 6.96. The van der Waals surface area contributed by atoms with Crippen LogP contribution in [0.2, 0.25) is 0 Å². The molecule has 1 fully saturated rings. The molecule has 6 heteroatoms. The van der Waals surface area contributed by atoms with Crippen LogP contribution in [0.1, 0.15) is 19.3 Å². The number of nitrogens with zero attached hydrogens (tertiary/aromatic N) is 1. The van der Waals surface area contributed by atoms with Crippen LogP contribution in [-0.4, -0.2) is 30.2 Å². The average molecular weight is 273 g/mol. The van der Waals surface area contributed by atoms with Crippen molar-refractivity contribution < 1.29 is 14.4 Å². The average Bonchev–Trinajstić information content (AvgIpc) is 3.03. The number of carbonyl (C=O) groups is 2. The van der Waals surface area contributed by atoms with Gasteiger partial charge in [0.1, 0.15) is 0 Å². The van der Waals surface area contributed by atoms with Gasteiger partial charge in [-0.15, -0.1) is 0 Å². The van der Waals surface area contributed by atoms with Gasteiger partial charge in [-0.05, 0) is 30.6 Å². The molecule has 0 radical (unpaired) electrons. The van der Waals surface area contributed by atoms with Crippen molar-refractivity contribution >= 4 is 17.5 Å². The van der Waals surface area contributed by atoms with E-state index in [0.29, 0.717) is 12.8 Å². The van der Waals surface area contributed by atoms with Crippen LogP contribution in [0.5, 0.6) is 0 Å². The number of nitrogens with one attached hydrogen (secondary N) is 2. The molecule has 2 N–H and O–H groups in total. The predicted octanol–water partition coefficient (Wildman–Crippen LogP) is 0.227. The van der Waals surface area contributed by atoms with Crippen molar-refractivity contribution in [3.05, 3.63) is 23.4 Å². The molecule has 6 nitrogen and oxygen atoms in total. The summed E-state index contributed by atoms with van der Waals surface area (Å²) in [5, 5.41) is 9.91. The van der Waals surface area contributed by atoms with E-state index >= 15 is 0 Å². The minimum atomic E-state index is -0.344. The third kappa shape index (κ3) is 1.60. The number of allylic oxidation sites excluding steroid dienone is 1. The zero-order valence-corrected chi connectivity index (χ0v) is 10.9. The molecule has 0 aromatic carbocycles. The van der Waals surface area contributed by atoms with Gasteiger partial charge in [-0.2, -0.15) is 0 Å². The highest BCUT2D eigenvalue weighted by molar-refractivity contribution is 6.12. The summed E-state index contributed by atoms with van der Waals surface area (Å²) in [6.45, 7) is 0.918. The van der Waals surface area contributed by atoms with Gasteiger partial charge in [0.05, 0.1) is 17.5 Å². The van der Waals surface area contributed by atoms with E-state index in [1.807, 2.05) is 12.2 Å². The van der Waals surface area contributed by atoms with E-state index < -0.39 is 0 Å². The Morgan fingerprint density at radius 3 is 3.05 bits per heavy atom. The van der Waals surface area contributed by atoms with Crippen LogP contribution in [0.3, 0.4) is 0 Å². The number of hydrogen-bond acceptors (Lipinski definition) is 5. The molecule has 104 valence electrons. The normalized spacial score (nSPS) is 35.0. The molecular weight excluding hydrogens is 258 g/mol. The maximum Gasteiger partial charge on any atom is 0.235 e. The third-order valence-corrected chi connectivity index (χ3v) is 4.41. The molecular formula is C14H15N3O3. The molecule has 3 unspecified atom stereocenters. The molecule has 3 aliphatic heterocycles. The van der Waals surface area contributed by atoms with Crippen LogP contribution < -0.4 is 10.6 Å². The fraction of sp³-hybridized carbons (Fsp3) is 0.500. The van der Waals surface area contributed by atoms with E-state index in [1.165, 1.54) is 5.57 Å². The van der Waals surface area contributed by atoms with Gasteiger partial charge in [0, 0.05) is 18.7 Å². The Morgan fingerprint density at radius 2 is 2.20 bits per heavy atom. The van der Waals surface area contributed by atoms with Crippen molar-refractivity contribution in [3.8, 4) is 0 Å². The second-order valence-corrected chi connectivity index (χ2v) is 5.54. The van der Waals surface area contributed by atoms with Gasteiger partial charge in [0.15, 0.2) is 6.10 Å². The highest BCUT2D eigenvalue weighted by atomic mass is 16.6. The zero-order valence-electron chi connectivity index (χ0n) is 10.9. The van der Waals surface area contributed by atoms with Crippen molar-refractivity contribution in [1.29, 1.82) is 0 Å². The van der Waals surface area contributed by atoms with E-state index in [-0.39, 0.29) is 29.8 Å². The van der Waals surface area contributed by atoms with Gasteiger partial charge in [-0.1, -0.05) is 5.16 Å². The molecule has 1 aliphatic carbocycles. The summed E-state index contributed by atoms with van der Waals surface area (Å²) in [6, 6.07) is 0. The van der Waals surface area contributed by atoms with E-state index in [1.54, 1.807) is 0 Å². The lowest BCUT2D eigenvalue weighted by molar-refractivity contribution is -0.134. The number of oxime groups is 1. The van der Waals surface area contributed by atoms with Crippen molar-refractivity contribution in [3.63, 3.8) is 0 Å². The summed E-state index contributed by atoms with van der Waals surface area (Å²) >= 11 is 0. The maximum atomic E-state index is 12.0. The van der Waals surface area contributed by atoms with E-state index in [9.17, 15) is 9.59 Å². The number of piperidine rings is 1.